The highest BCUT2D eigenvalue weighted by molar-refractivity contribution is 7.89. The summed E-state index contributed by atoms with van der Waals surface area (Å²) in [4.78, 5) is 13.8. The van der Waals surface area contributed by atoms with Gasteiger partial charge >= 0.3 is 0 Å². The van der Waals surface area contributed by atoms with Gasteiger partial charge in [0.15, 0.2) is 0 Å². The van der Waals surface area contributed by atoms with E-state index < -0.39 is 21.7 Å². The van der Waals surface area contributed by atoms with Crippen LogP contribution in [0, 0.1) is 11.2 Å². The van der Waals surface area contributed by atoms with Crippen LogP contribution in [0.3, 0.4) is 0 Å². The van der Waals surface area contributed by atoms with Gasteiger partial charge in [0.2, 0.25) is 10.0 Å². The van der Waals surface area contributed by atoms with Gasteiger partial charge in [-0.25, -0.2) is 17.9 Å². The molecule has 1 fully saturated rings. The molecule has 0 spiro atoms. The van der Waals surface area contributed by atoms with Crippen molar-refractivity contribution in [1.29, 1.82) is 0 Å². The molecule has 1 saturated heterocycles. The molecule has 1 atom stereocenters. The molecule has 0 aliphatic carbocycles. The Kier molecular flexibility index (Phi) is 5.07. The van der Waals surface area contributed by atoms with E-state index in [0.717, 1.165) is 24.6 Å². The molecule has 0 saturated carbocycles. The van der Waals surface area contributed by atoms with Gasteiger partial charge in [-0.2, -0.15) is 0 Å². The van der Waals surface area contributed by atoms with E-state index in [1.54, 1.807) is 0 Å². The SMILES string of the molecule is CC[C@]1(CO)CCCN(C(=O)c2cc(S(N)(=O)=O)ccc2F)C1. The number of carbonyl (C=O) groups excluding carboxylic acids is 1. The van der Waals surface area contributed by atoms with E-state index in [2.05, 4.69) is 0 Å². The molecular formula is C15H21FN2O4S. The van der Waals surface area contributed by atoms with E-state index in [-0.39, 0.29) is 22.5 Å². The fraction of sp³-hybridized carbons (Fsp3) is 0.533. The van der Waals surface area contributed by atoms with Crippen molar-refractivity contribution in [2.45, 2.75) is 31.1 Å². The van der Waals surface area contributed by atoms with E-state index in [1.165, 1.54) is 4.90 Å². The molecule has 1 aromatic rings. The summed E-state index contributed by atoms with van der Waals surface area (Å²) in [6.07, 6.45) is 2.20. The molecule has 1 aliphatic rings. The molecule has 0 bridgehead atoms. The van der Waals surface area contributed by atoms with Gasteiger partial charge in [0.25, 0.3) is 5.91 Å². The molecule has 128 valence electrons. The van der Waals surface area contributed by atoms with Gasteiger partial charge in [-0.1, -0.05) is 6.92 Å². The largest absolute Gasteiger partial charge is 0.396 e. The van der Waals surface area contributed by atoms with Crippen LogP contribution in [-0.4, -0.2) is 44.0 Å². The van der Waals surface area contributed by atoms with Crippen LogP contribution in [0.1, 0.15) is 36.5 Å². The van der Waals surface area contributed by atoms with Crippen LogP contribution < -0.4 is 5.14 Å². The summed E-state index contributed by atoms with van der Waals surface area (Å²) in [7, 11) is -4.02. The average molecular weight is 344 g/mol. The van der Waals surface area contributed by atoms with Gasteiger partial charge in [0, 0.05) is 18.5 Å². The Morgan fingerprint density at radius 2 is 2.17 bits per heavy atom. The number of benzene rings is 1. The Balaban J connectivity index is 2.33. The van der Waals surface area contributed by atoms with E-state index in [4.69, 9.17) is 5.14 Å². The van der Waals surface area contributed by atoms with E-state index in [1.807, 2.05) is 6.92 Å². The molecule has 23 heavy (non-hydrogen) atoms. The third kappa shape index (κ3) is 3.70. The summed E-state index contributed by atoms with van der Waals surface area (Å²) in [5.74, 6) is -1.38. The van der Waals surface area contributed by atoms with E-state index in [0.29, 0.717) is 25.9 Å². The zero-order valence-corrected chi connectivity index (χ0v) is 13.8. The first-order valence-corrected chi connectivity index (χ1v) is 8.99. The first-order chi connectivity index (χ1) is 10.7. The maximum atomic E-state index is 14.0. The standard InChI is InChI=1S/C15H21FN2O4S/c1-2-15(10-19)6-3-7-18(9-15)14(20)12-8-11(23(17,21)22)4-5-13(12)16/h4-5,8,19H,2-3,6-7,9-10H2,1H3,(H2,17,21,22)/t15-/m0/s1. The maximum absolute atomic E-state index is 14.0. The molecule has 2 rings (SSSR count). The van der Waals surface area contributed by atoms with E-state index in [9.17, 15) is 22.7 Å². The van der Waals surface area contributed by atoms with Crippen molar-refractivity contribution in [2.24, 2.45) is 10.6 Å². The Bertz CT molecular complexity index is 701. The summed E-state index contributed by atoms with van der Waals surface area (Å²) in [5.41, 5.74) is -0.705. The predicted octanol–water partition coefficient (Wildman–Crippen LogP) is 1.10. The molecule has 8 heteroatoms. The highest BCUT2D eigenvalue weighted by atomic mass is 32.2. The van der Waals surface area contributed by atoms with Crippen molar-refractivity contribution >= 4 is 15.9 Å². The summed E-state index contributed by atoms with van der Waals surface area (Å²) in [6.45, 7) is 2.65. The number of sulfonamides is 1. The van der Waals surface area contributed by atoms with Gasteiger partial charge in [-0.15, -0.1) is 0 Å². The monoisotopic (exact) mass is 344 g/mol. The smallest absolute Gasteiger partial charge is 0.256 e. The first kappa shape index (κ1) is 17.8. The van der Waals surface area contributed by atoms with Crippen molar-refractivity contribution in [3.63, 3.8) is 0 Å². The number of hydrogen-bond acceptors (Lipinski definition) is 4. The molecule has 1 aliphatic heterocycles. The molecule has 1 amide bonds. The maximum Gasteiger partial charge on any atom is 0.256 e. The lowest BCUT2D eigenvalue weighted by atomic mass is 9.78. The Morgan fingerprint density at radius 1 is 1.48 bits per heavy atom. The lowest BCUT2D eigenvalue weighted by molar-refractivity contribution is 0.0249. The molecule has 1 aromatic carbocycles. The van der Waals surface area contributed by atoms with Gasteiger partial charge < -0.3 is 10.0 Å². The fourth-order valence-corrected chi connectivity index (χ4v) is 3.47. The van der Waals surface area contributed by atoms with Crippen LogP contribution in [0.5, 0.6) is 0 Å². The topological polar surface area (TPSA) is 101 Å². The second kappa shape index (κ2) is 6.54. The van der Waals surface area contributed by atoms with Crippen LogP contribution in [-0.2, 0) is 10.0 Å². The Morgan fingerprint density at radius 3 is 2.74 bits per heavy atom. The number of nitrogens with zero attached hydrogens (tertiary/aromatic N) is 1. The molecule has 3 N–H and O–H groups in total. The van der Waals surface area contributed by atoms with Crippen molar-refractivity contribution in [2.75, 3.05) is 19.7 Å². The second-order valence-electron chi connectivity index (χ2n) is 6.03. The highest BCUT2D eigenvalue weighted by Crippen LogP contribution is 2.33. The number of carbonyl (C=O) groups is 1. The normalized spacial score (nSPS) is 22.2. The number of rotatable bonds is 4. The zero-order valence-electron chi connectivity index (χ0n) is 13.0. The van der Waals surface area contributed by atoms with Crippen molar-refractivity contribution in [1.82, 2.24) is 4.90 Å². The molecular weight excluding hydrogens is 323 g/mol. The van der Waals surface area contributed by atoms with Crippen LogP contribution in [0.25, 0.3) is 0 Å². The lowest BCUT2D eigenvalue weighted by Crippen LogP contribution is -2.47. The lowest BCUT2D eigenvalue weighted by Gasteiger charge is -2.41. The number of primary sulfonamides is 1. The van der Waals surface area contributed by atoms with Crippen LogP contribution >= 0.6 is 0 Å². The summed E-state index contributed by atoms with van der Waals surface area (Å²) >= 11 is 0. The number of aliphatic hydroxyl groups is 1. The molecule has 0 radical (unpaired) electrons. The van der Waals surface area contributed by atoms with Crippen molar-refractivity contribution in [3.8, 4) is 0 Å². The third-order valence-corrected chi connectivity index (χ3v) is 5.44. The quantitative estimate of drug-likeness (QED) is 0.854. The minimum absolute atomic E-state index is 0.0486. The fourth-order valence-electron chi connectivity index (χ4n) is 2.93. The molecule has 1 heterocycles. The van der Waals surface area contributed by atoms with Gasteiger partial charge in [0.05, 0.1) is 17.1 Å². The number of aliphatic hydroxyl groups excluding tert-OH is 1. The van der Waals surface area contributed by atoms with Crippen LogP contribution in [0.2, 0.25) is 0 Å². The number of likely N-dealkylation sites (tertiary alicyclic amines) is 1. The number of hydrogen-bond donors (Lipinski definition) is 2. The number of halogens is 1. The van der Waals surface area contributed by atoms with Crippen LogP contribution in [0.15, 0.2) is 23.1 Å². The zero-order chi connectivity index (χ0) is 17.3. The summed E-state index contributed by atoms with van der Waals surface area (Å²) in [5, 5.41) is 14.6. The predicted molar refractivity (Wildman–Crippen MR) is 82.7 cm³/mol. The van der Waals surface area contributed by atoms with Crippen molar-refractivity contribution in [3.05, 3.63) is 29.6 Å². The Labute approximate surface area is 135 Å². The van der Waals surface area contributed by atoms with Crippen molar-refractivity contribution < 1.29 is 22.7 Å². The minimum atomic E-state index is -4.02. The molecule has 6 nitrogen and oxygen atoms in total. The number of nitrogens with two attached hydrogens (primary N) is 1. The summed E-state index contributed by atoms with van der Waals surface area (Å²) < 4.78 is 36.8. The number of piperidine rings is 1. The second-order valence-corrected chi connectivity index (χ2v) is 7.59. The Hall–Kier alpha value is -1.51. The average Bonchev–Trinajstić information content (AvgIpc) is 2.53. The van der Waals surface area contributed by atoms with Gasteiger partial charge in [-0.3, -0.25) is 4.79 Å². The minimum Gasteiger partial charge on any atom is -0.396 e. The number of amides is 1. The van der Waals surface area contributed by atoms with Crippen LogP contribution in [0.4, 0.5) is 4.39 Å². The molecule has 0 aromatic heterocycles. The van der Waals surface area contributed by atoms with E-state index >= 15 is 0 Å². The molecule has 0 unspecified atom stereocenters. The summed E-state index contributed by atoms with van der Waals surface area (Å²) in [6, 6.07) is 2.92. The van der Waals surface area contributed by atoms with Gasteiger partial charge in [-0.05, 0) is 37.5 Å². The highest BCUT2D eigenvalue weighted by Gasteiger charge is 2.36. The first-order valence-electron chi connectivity index (χ1n) is 7.45. The van der Waals surface area contributed by atoms with Gasteiger partial charge in [0.1, 0.15) is 5.82 Å². The third-order valence-electron chi connectivity index (χ3n) is 4.53.